The summed E-state index contributed by atoms with van der Waals surface area (Å²) in [6.07, 6.45) is 6.63. The molecule has 3 aromatic rings. The molecule has 0 bridgehead atoms. The fourth-order valence-electron chi connectivity index (χ4n) is 4.15. The number of aryl methyl sites for hydroxylation is 2. The van der Waals surface area contributed by atoms with Gasteiger partial charge >= 0.3 is 11.7 Å². The molecule has 1 aliphatic rings. The number of nitrogens with one attached hydrogen (secondary N) is 2. The smallest absolute Gasteiger partial charge is 0.382 e. The van der Waals surface area contributed by atoms with Crippen molar-refractivity contribution in [2.75, 3.05) is 36.4 Å². The van der Waals surface area contributed by atoms with Crippen LogP contribution in [0.2, 0.25) is 0 Å². The molecule has 0 aromatic carbocycles. The highest BCUT2D eigenvalue weighted by Gasteiger charge is 2.45. The molecule has 174 valence electrons. The van der Waals surface area contributed by atoms with Crippen molar-refractivity contribution in [2.24, 2.45) is 0 Å². The number of nitrogen functional groups attached to an aromatic ring is 1. The van der Waals surface area contributed by atoms with Crippen molar-refractivity contribution < 1.29 is 4.21 Å². The Kier molecular flexibility index (Phi) is 6.85. The highest BCUT2D eigenvalue weighted by Crippen LogP contribution is 2.42. The molecular formula is C22H30N9OS+. The van der Waals surface area contributed by atoms with E-state index in [2.05, 4.69) is 38.4 Å². The average Bonchev–Trinajstić information content (AvgIpc) is 3.30. The van der Waals surface area contributed by atoms with Crippen LogP contribution in [0.5, 0.6) is 0 Å². The van der Waals surface area contributed by atoms with Crippen LogP contribution in [0.4, 0.5) is 11.6 Å². The van der Waals surface area contributed by atoms with E-state index in [9.17, 15) is 9.47 Å². The van der Waals surface area contributed by atoms with Crippen LogP contribution in [0.3, 0.4) is 0 Å². The van der Waals surface area contributed by atoms with Gasteiger partial charge in [0.2, 0.25) is 5.75 Å². The first-order valence-corrected chi connectivity index (χ1v) is 12.3. The lowest BCUT2D eigenvalue weighted by atomic mass is 10.2. The predicted octanol–water partition coefficient (Wildman–Crippen LogP) is 1.80. The van der Waals surface area contributed by atoms with Crippen molar-refractivity contribution >= 4 is 28.9 Å². The lowest BCUT2D eigenvalue weighted by Crippen LogP contribution is -2.33. The molecule has 11 heteroatoms. The van der Waals surface area contributed by atoms with E-state index in [-0.39, 0.29) is 5.54 Å². The third-order valence-electron chi connectivity index (χ3n) is 6.23. The molecule has 4 rings (SSSR count). The quantitative estimate of drug-likeness (QED) is 0.270. The number of nitrogens with zero attached hydrogens (tertiary/aromatic N) is 6. The highest BCUT2D eigenvalue weighted by molar-refractivity contribution is 7.65. The molecule has 3 heterocycles. The van der Waals surface area contributed by atoms with E-state index in [4.69, 9.17) is 10.8 Å². The van der Waals surface area contributed by atoms with Gasteiger partial charge < -0.3 is 16.4 Å². The first-order valence-electron chi connectivity index (χ1n) is 11.3. The molecular weight excluding hydrogens is 438 g/mol. The summed E-state index contributed by atoms with van der Waals surface area (Å²) in [4.78, 5) is 4.67. The summed E-state index contributed by atoms with van der Waals surface area (Å²) in [5.74, 6) is 1.42. The van der Waals surface area contributed by atoms with Gasteiger partial charge in [-0.15, -0.1) is 0 Å². The van der Waals surface area contributed by atoms with E-state index in [1.807, 2.05) is 19.2 Å². The summed E-state index contributed by atoms with van der Waals surface area (Å²) in [6, 6.07) is 4.20. The standard InChI is InChI=1S/C22H30N9OS/c1-3-17-15(2)28-31-19(24)18(13-23)20(27-21(17)31)26-10-5-16-6-11-30(29-16)22(7-8-22)14-25-9-4-12-33-32/h6,11,25H,3-5,7-10,12,14,24H2,1-2H3,(H,26,27)/q+1. The van der Waals surface area contributed by atoms with E-state index in [0.29, 0.717) is 53.2 Å². The summed E-state index contributed by atoms with van der Waals surface area (Å²) >= 11 is 0.640. The van der Waals surface area contributed by atoms with Gasteiger partial charge in [0.15, 0.2) is 5.65 Å². The second-order valence-corrected chi connectivity index (χ2v) is 9.13. The van der Waals surface area contributed by atoms with Gasteiger partial charge in [-0.3, -0.25) is 4.68 Å². The minimum Gasteiger partial charge on any atom is -0.382 e. The molecule has 1 aliphatic carbocycles. The minimum atomic E-state index is 0.0573. The van der Waals surface area contributed by atoms with E-state index >= 15 is 0 Å². The van der Waals surface area contributed by atoms with Gasteiger partial charge in [0.05, 0.1) is 16.9 Å². The normalized spacial score (nSPS) is 14.3. The Morgan fingerprint density at radius 2 is 2.15 bits per heavy atom. The van der Waals surface area contributed by atoms with Crippen molar-refractivity contribution in [3.05, 3.63) is 34.8 Å². The van der Waals surface area contributed by atoms with E-state index in [1.165, 1.54) is 0 Å². The first kappa shape index (κ1) is 23.1. The van der Waals surface area contributed by atoms with Crippen LogP contribution < -0.4 is 16.4 Å². The van der Waals surface area contributed by atoms with Crippen molar-refractivity contribution in [3.63, 3.8) is 0 Å². The number of nitrogens with two attached hydrogens (primary N) is 1. The Labute approximate surface area is 197 Å². The van der Waals surface area contributed by atoms with Crippen molar-refractivity contribution in [1.82, 2.24) is 29.7 Å². The minimum absolute atomic E-state index is 0.0573. The summed E-state index contributed by atoms with van der Waals surface area (Å²) in [5.41, 5.74) is 10.2. The zero-order valence-corrected chi connectivity index (χ0v) is 19.9. The van der Waals surface area contributed by atoms with Crippen LogP contribution >= 0.6 is 0 Å². The second kappa shape index (κ2) is 9.80. The Balaban J connectivity index is 1.40. The number of nitriles is 1. The largest absolute Gasteiger partial charge is 0.458 e. The highest BCUT2D eigenvalue weighted by atomic mass is 32.1. The molecule has 0 atom stereocenters. The first-order chi connectivity index (χ1) is 16.0. The van der Waals surface area contributed by atoms with Crippen LogP contribution in [0, 0.1) is 18.3 Å². The maximum absolute atomic E-state index is 10.5. The van der Waals surface area contributed by atoms with E-state index in [0.717, 1.165) is 55.7 Å². The molecule has 0 amide bonds. The number of hydrogen-bond acceptors (Lipinski definition) is 8. The van der Waals surface area contributed by atoms with Crippen molar-refractivity contribution in [3.8, 4) is 6.07 Å². The predicted molar refractivity (Wildman–Crippen MR) is 128 cm³/mol. The molecule has 3 aromatic heterocycles. The maximum Gasteiger partial charge on any atom is 0.458 e. The number of hydrogen-bond donors (Lipinski definition) is 3. The molecule has 10 nitrogen and oxygen atoms in total. The van der Waals surface area contributed by atoms with Gasteiger partial charge in [-0.25, -0.2) is 4.98 Å². The summed E-state index contributed by atoms with van der Waals surface area (Å²) in [7, 11) is 0. The van der Waals surface area contributed by atoms with Gasteiger partial charge in [0, 0.05) is 48.4 Å². The molecule has 0 radical (unpaired) electrons. The summed E-state index contributed by atoms with van der Waals surface area (Å²) in [6.45, 7) is 6.29. The topological polar surface area (TPSA) is 139 Å². The van der Waals surface area contributed by atoms with E-state index < -0.39 is 0 Å². The van der Waals surface area contributed by atoms with Gasteiger partial charge in [-0.2, -0.15) is 20.0 Å². The number of rotatable bonds is 12. The Bertz CT molecular complexity index is 1190. The average molecular weight is 469 g/mol. The molecule has 0 spiro atoms. The van der Waals surface area contributed by atoms with Crippen LogP contribution in [-0.2, 0) is 34.3 Å². The maximum atomic E-state index is 10.5. The molecule has 0 aliphatic heterocycles. The summed E-state index contributed by atoms with van der Waals surface area (Å²) < 4.78 is 14.1. The summed E-state index contributed by atoms with van der Waals surface area (Å²) in [5, 5.41) is 25.6. The third-order valence-corrected chi connectivity index (χ3v) is 6.68. The molecule has 1 saturated carbocycles. The SMILES string of the molecule is CCc1c(C)nn2c(N)c(C#N)c(NCCc3ccn(C4(CNCCC[S+]=O)CC4)n3)nc12. The van der Waals surface area contributed by atoms with Crippen LogP contribution in [0.1, 0.15) is 48.7 Å². The molecule has 4 N–H and O–H groups in total. The van der Waals surface area contributed by atoms with Crippen molar-refractivity contribution in [1.29, 1.82) is 5.26 Å². The van der Waals surface area contributed by atoms with Crippen LogP contribution in [0.25, 0.3) is 5.65 Å². The number of fused-ring (bicyclic) bond motifs is 1. The number of aromatic nitrogens is 5. The van der Waals surface area contributed by atoms with Crippen LogP contribution in [-0.4, -0.2) is 49.8 Å². The van der Waals surface area contributed by atoms with E-state index in [1.54, 1.807) is 4.52 Å². The lowest BCUT2D eigenvalue weighted by Gasteiger charge is -2.16. The Morgan fingerprint density at radius 3 is 2.85 bits per heavy atom. The molecule has 0 saturated heterocycles. The van der Waals surface area contributed by atoms with Gasteiger partial charge in [-0.05, 0) is 32.3 Å². The number of anilines is 2. The van der Waals surface area contributed by atoms with Crippen LogP contribution in [0.15, 0.2) is 12.3 Å². The zero-order chi connectivity index (χ0) is 23.4. The molecule has 1 fully saturated rings. The van der Waals surface area contributed by atoms with Crippen molar-refractivity contribution in [2.45, 2.75) is 51.5 Å². The lowest BCUT2D eigenvalue weighted by molar-refractivity contribution is 0.399. The third kappa shape index (κ3) is 4.67. The Morgan fingerprint density at radius 1 is 1.33 bits per heavy atom. The van der Waals surface area contributed by atoms with Gasteiger partial charge in [0.25, 0.3) is 0 Å². The molecule has 0 unspecified atom stereocenters. The van der Waals surface area contributed by atoms with Gasteiger partial charge in [-0.1, -0.05) is 6.92 Å². The fraction of sp³-hybridized carbons (Fsp3) is 0.545. The van der Waals surface area contributed by atoms with Gasteiger partial charge in [0.1, 0.15) is 23.3 Å². The fourth-order valence-corrected chi connectivity index (χ4v) is 4.41. The zero-order valence-electron chi connectivity index (χ0n) is 19.1. The molecule has 33 heavy (non-hydrogen) atoms. The Hall–Kier alpha value is -3.10. The monoisotopic (exact) mass is 468 g/mol. The second-order valence-electron chi connectivity index (χ2n) is 8.49.